The van der Waals surface area contributed by atoms with Crippen LogP contribution in [0.4, 0.5) is 0 Å². The second-order valence-electron chi connectivity index (χ2n) is 6.49. The number of aliphatic imine (C=N–C) groups is 1. The highest BCUT2D eigenvalue weighted by molar-refractivity contribution is 14.0. The summed E-state index contributed by atoms with van der Waals surface area (Å²) in [4.78, 5) is 18.0. The zero-order valence-electron chi connectivity index (χ0n) is 16.4. The van der Waals surface area contributed by atoms with Crippen molar-refractivity contribution in [2.75, 3.05) is 27.2 Å². The molecule has 1 aromatic heterocycles. The molecule has 1 aromatic carbocycles. The lowest BCUT2D eigenvalue weighted by Crippen LogP contribution is -2.43. The molecule has 0 radical (unpaired) electrons. The van der Waals surface area contributed by atoms with Gasteiger partial charge in [-0.3, -0.25) is 4.79 Å². The quantitative estimate of drug-likeness (QED) is 0.360. The molecule has 0 saturated carbocycles. The Balaban J connectivity index is 0.00000364. The third kappa shape index (κ3) is 8.03. The highest BCUT2D eigenvalue weighted by atomic mass is 127. The SMILES string of the molecule is Cc1ccc(CN=C(NCCc2ccco2)NCC(=O)N(C)C)c(C)c1.I. The van der Waals surface area contributed by atoms with Gasteiger partial charge in [-0.25, -0.2) is 4.99 Å². The van der Waals surface area contributed by atoms with E-state index in [1.807, 2.05) is 12.1 Å². The summed E-state index contributed by atoms with van der Waals surface area (Å²) >= 11 is 0. The first-order valence-electron chi connectivity index (χ1n) is 8.76. The number of aryl methyl sites for hydroxylation is 2. The van der Waals surface area contributed by atoms with E-state index < -0.39 is 0 Å². The van der Waals surface area contributed by atoms with Gasteiger partial charge in [0.2, 0.25) is 5.91 Å². The van der Waals surface area contributed by atoms with Gasteiger partial charge in [0, 0.05) is 27.1 Å². The first kappa shape index (κ1) is 23.0. The van der Waals surface area contributed by atoms with Crippen LogP contribution in [0.15, 0.2) is 46.0 Å². The Morgan fingerprint density at radius 2 is 1.96 bits per heavy atom. The van der Waals surface area contributed by atoms with E-state index in [1.54, 1.807) is 25.3 Å². The maximum atomic E-state index is 11.8. The molecule has 27 heavy (non-hydrogen) atoms. The van der Waals surface area contributed by atoms with Crippen LogP contribution in [-0.4, -0.2) is 44.0 Å². The van der Waals surface area contributed by atoms with Crippen LogP contribution in [0.25, 0.3) is 0 Å². The summed E-state index contributed by atoms with van der Waals surface area (Å²) in [6, 6.07) is 10.2. The number of guanidine groups is 1. The van der Waals surface area contributed by atoms with Crippen molar-refractivity contribution in [2.24, 2.45) is 4.99 Å². The maximum Gasteiger partial charge on any atom is 0.241 e. The fourth-order valence-corrected chi connectivity index (χ4v) is 2.44. The number of amides is 1. The largest absolute Gasteiger partial charge is 0.469 e. The molecule has 0 atom stereocenters. The van der Waals surface area contributed by atoms with Crippen molar-refractivity contribution in [3.8, 4) is 0 Å². The fraction of sp³-hybridized carbons (Fsp3) is 0.400. The average Bonchev–Trinajstić information content (AvgIpc) is 3.11. The Morgan fingerprint density at radius 3 is 2.59 bits per heavy atom. The molecule has 2 N–H and O–H groups in total. The Bertz CT molecular complexity index is 742. The van der Waals surface area contributed by atoms with E-state index in [0.717, 1.165) is 12.2 Å². The van der Waals surface area contributed by atoms with Gasteiger partial charge in [-0.15, -0.1) is 24.0 Å². The van der Waals surface area contributed by atoms with Crippen LogP contribution in [0.5, 0.6) is 0 Å². The molecule has 1 heterocycles. The van der Waals surface area contributed by atoms with E-state index in [0.29, 0.717) is 19.0 Å². The number of benzene rings is 1. The molecule has 0 spiro atoms. The number of halogens is 1. The average molecular weight is 484 g/mol. The number of nitrogens with zero attached hydrogens (tertiary/aromatic N) is 2. The molecular weight excluding hydrogens is 455 g/mol. The lowest BCUT2D eigenvalue weighted by Gasteiger charge is -2.15. The number of nitrogens with one attached hydrogen (secondary N) is 2. The van der Waals surface area contributed by atoms with E-state index >= 15 is 0 Å². The molecule has 0 unspecified atom stereocenters. The van der Waals surface area contributed by atoms with Crippen molar-refractivity contribution in [2.45, 2.75) is 26.8 Å². The summed E-state index contributed by atoms with van der Waals surface area (Å²) in [6.07, 6.45) is 2.41. The van der Waals surface area contributed by atoms with Crippen LogP contribution in [0.3, 0.4) is 0 Å². The van der Waals surface area contributed by atoms with Gasteiger partial charge in [-0.1, -0.05) is 23.8 Å². The number of carbonyl (C=O) groups excluding carboxylic acids is 1. The zero-order valence-corrected chi connectivity index (χ0v) is 18.7. The number of rotatable bonds is 7. The van der Waals surface area contributed by atoms with Gasteiger partial charge >= 0.3 is 0 Å². The minimum Gasteiger partial charge on any atom is -0.469 e. The summed E-state index contributed by atoms with van der Waals surface area (Å²) in [5, 5.41) is 6.36. The van der Waals surface area contributed by atoms with Crippen molar-refractivity contribution in [3.05, 3.63) is 59.0 Å². The van der Waals surface area contributed by atoms with Crippen molar-refractivity contribution >= 4 is 35.8 Å². The van der Waals surface area contributed by atoms with Gasteiger partial charge in [0.25, 0.3) is 0 Å². The molecular formula is C20H29IN4O2. The summed E-state index contributed by atoms with van der Waals surface area (Å²) in [5.41, 5.74) is 3.62. The first-order valence-corrected chi connectivity index (χ1v) is 8.76. The minimum absolute atomic E-state index is 0. The van der Waals surface area contributed by atoms with Crippen LogP contribution in [0.1, 0.15) is 22.5 Å². The molecule has 6 nitrogen and oxygen atoms in total. The zero-order chi connectivity index (χ0) is 18.9. The molecule has 0 saturated heterocycles. The van der Waals surface area contributed by atoms with Gasteiger partial charge in [0.1, 0.15) is 5.76 Å². The van der Waals surface area contributed by atoms with Crippen molar-refractivity contribution in [1.82, 2.24) is 15.5 Å². The van der Waals surface area contributed by atoms with Gasteiger partial charge < -0.3 is 20.0 Å². The first-order chi connectivity index (χ1) is 12.5. The summed E-state index contributed by atoms with van der Waals surface area (Å²) < 4.78 is 5.34. The van der Waals surface area contributed by atoms with Crippen molar-refractivity contribution in [1.29, 1.82) is 0 Å². The summed E-state index contributed by atoms with van der Waals surface area (Å²) in [5.74, 6) is 1.53. The Labute approximate surface area is 178 Å². The van der Waals surface area contributed by atoms with Crippen molar-refractivity contribution < 1.29 is 9.21 Å². The molecule has 0 aliphatic heterocycles. The fourth-order valence-electron chi connectivity index (χ4n) is 2.44. The van der Waals surface area contributed by atoms with Crippen LogP contribution in [0, 0.1) is 13.8 Å². The molecule has 0 fully saturated rings. The van der Waals surface area contributed by atoms with E-state index in [4.69, 9.17) is 4.42 Å². The predicted octanol–water partition coefficient (Wildman–Crippen LogP) is 2.88. The standard InChI is InChI=1S/C20H28N4O2.HI/c1-15-7-8-17(16(2)12-15)13-22-20(23-14-19(25)24(3)4)21-10-9-18-6-5-11-26-18;/h5-8,11-12H,9-10,13-14H2,1-4H3,(H2,21,22,23);1H. The predicted molar refractivity (Wildman–Crippen MR) is 120 cm³/mol. The van der Waals surface area contributed by atoms with Crippen LogP contribution in [-0.2, 0) is 17.8 Å². The second-order valence-corrected chi connectivity index (χ2v) is 6.49. The van der Waals surface area contributed by atoms with Gasteiger partial charge in [0.05, 0.1) is 19.4 Å². The number of hydrogen-bond donors (Lipinski definition) is 2. The van der Waals surface area contributed by atoms with Crippen molar-refractivity contribution in [3.63, 3.8) is 0 Å². The smallest absolute Gasteiger partial charge is 0.241 e. The number of furan rings is 1. The normalized spacial score (nSPS) is 10.9. The van der Waals surface area contributed by atoms with Gasteiger partial charge in [0.15, 0.2) is 5.96 Å². The Morgan fingerprint density at radius 1 is 1.19 bits per heavy atom. The molecule has 0 bridgehead atoms. The molecule has 2 aromatic rings. The monoisotopic (exact) mass is 484 g/mol. The van der Waals surface area contributed by atoms with E-state index in [9.17, 15) is 4.79 Å². The summed E-state index contributed by atoms with van der Waals surface area (Å²) in [7, 11) is 3.47. The second kappa shape index (κ2) is 11.6. The van der Waals surface area contributed by atoms with Crippen LogP contribution in [0.2, 0.25) is 0 Å². The molecule has 2 rings (SSSR count). The van der Waals surface area contributed by atoms with E-state index in [2.05, 4.69) is 47.7 Å². The molecule has 1 amide bonds. The summed E-state index contributed by atoms with van der Waals surface area (Å²) in [6.45, 7) is 5.59. The minimum atomic E-state index is -0.00273. The molecule has 0 aliphatic carbocycles. The topological polar surface area (TPSA) is 69.9 Å². The Hall–Kier alpha value is -2.03. The van der Waals surface area contributed by atoms with Crippen LogP contribution >= 0.6 is 24.0 Å². The number of likely N-dealkylation sites (N-methyl/N-ethyl adjacent to an activating group) is 1. The molecule has 0 aliphatic rings. The lowest BCUT2D eigenvalue weighted by atomic mass is 10.1. The van der Waals surface area contributed by atoms with E-state index in [-0.39, 0.29) is 36.4 Å². The van der Waals surface area contributed by atoms with Crippen LogP contribution < -0.4 is 10.6 Å². The highest BCUT2D eigenvalue weighted by Crippen LogP contribution is 2.11. The molecule has 7 heteroatoms. The Kier molecular flexibility index (Phi) is 9.92. The highest BCUT2D eigenvalue weighted by Gasteiger charge is 2.07. The third-order valence-corrected chi connectivity index (χ3v) is 4.06. The van der Waals surface area contributed by atoms with Gasteiger partial charge in [-0.2, -0.15) is 0 Å². The maximum absolute atomic E-state index is 11.8. The van der Waals surface area contributed by atoms with Gasteiger partial charge in [-0.05, 0) is 37.1 Å². The number of hydrogen-bond acceptors (Lipinski definition) is 3. The van der Waals surface area contributed by atoms with E-state index in [1.165, 1.54) is 16.7 Å². The third-order valence-electron chi connectivity index (χ3n) is 4.06. The molecule has 148 valence electrons. The lowest BCUT2D eigenvalue weighted by molar-refractivity contribution is -0.127. The number of carbonyl (C=O) groups is 1.